The number of ether oxygens (including phenoxy) is 1. The van der Waals surface area contributed by atoms with Gasteiger partial charge < -0.3 is 9.72 Å². The van der Waals surface area contributed by atoms with E-state index in [1.165, 1.54) is 24.4 Å². The molecule has 2 aromatic carbocycles. The maximum atomic E-state index is 13.3. The number of nitrogens with zero attached hydrogens (tertiary/aromatic N) is 1. The molecule has 1 aromatic heterocycles. The number of aromatic nitrogens is 1. The summed E-state index contributed by atoms with van der Waals surface area (Å²) < 4.78 is 18.2. The molecule has 0 radical (unpaired) electrons. The fraction of sp³-hybridized carbons (Fsp3) is 0.150. The van der Waals surface area contributed by atoms with Crippen molar-refractivity contribution in [3.63, 3.8) is 0 Å². The van der Waals surface area contributed by atoms with Crippen LogP contribution in [0.25, 0.3) is 10.9 Å². The smallest absolute Gasteiger partial charge is 0.326 e. The Morgan fingerprint density at radius 3 is 2.56 bits per heavy atom. The summed E-state index contributed by atoms with van der Waals surface area (Å²) in [4.78, 5) is 41.4. The lowest BCUT2D eigenvalue weighted by Gasteiger charge is -2.21. The molecule has 0 atom stereocenters. The van der Waals surface area contributed by atoms with Crippen molar-refractivity contribution in [2.75, 3.05) is 18.1 Å². The molecular formula is C20H17FN2O4. The molecule has 0 fully saturated rings. The van der Waals surface area contributed by atoms with Gasteiger partial charge in [0.15, 0.2) is 0 Å². The molecule has 138 valence electrons. The zero-order valence-corrected chi connectivity index (χ0v) is 14.6. The SMILES string of the molecule is CCOC(=O)CN(C(=O)C(=O)c1c[nH]c2cc(F)ccc12)c1ccccc1. The number of nitrogens with one attached hydrogen (secondary N) is 1. The minimum atomic E-state index is -0.875. The second-order valence-corrected chi connectivity index (χ2v) is 5.75. The average Bonchev–Trinajstić information content (AvgIpc) is 3.09. The fourth-order valence-electron chi connectivity index (χ4n) is 2.75. The Labute approximate surface area is 154 Å². The number of halogens is 1. The molecule has 0 unspecified atom stereocenters. The monoisotopic (exact) mass is 368 g/mol. The van der Waals surface area contributed by atoms with Crippen molar-refractivity contribution in [2.45, 2.75) is 6.92 Å². The average molecular weight is 368 g/mol. The van der Waals surface area contributed by atoms with Crippen LogP contribution in [0.3, 0.4) is 0 Å². The fourth-order valence-corrected chi connectivity index (χ4v) is 2.75. The molecule has 0 aliphatic heterocycles. The second kappa shape index (κ2) is 7.82. The number of ketones is 1. The van der Waals surface area contributed by atoms with Gasteiger partial charge in [-0.3, -0.25) is 19.3 Å². The highest BCUT2D eigenvalue weighted by Gasteiger charge is 2.28. The highest BCUT2D eigenvalue weighted by molar-refractivity contribution is 6.49. The number of benzene rings is 2. The Hall–Kier alpha value is -3.48. The van der Waals surface area contributed by atoms with Crippen molar-refractivity contribution in [3.8, 4) is 0 Å². The van der Waals surface area contributed by atoms with E-state index in [-0.39, 0.29) is 18.7 Å². The number of carbonyl (C=O) groups is 3. The van der Waals surface area contributed by atoms with Crippen molar-refractivity contribution < 1.29 is 23.5 Å². The van der Waals surface area contributed by atoms with Crippen LogP contribution < -0.4 is 4.90 Å². The number of carbonyl (C=O) groups excluding carboxylic acids is 3. The van der Waals surface area contributed by atoms with E-state index in [0.717, 1.165) is 4.90 Å². The van der Waals surface area contributed by atoms with Gasteiger partial charge in [-0.2, -0.15) is 0 Å². The van der Waals surface area contributed by atoms with Crippen LogP contribution in [0.4, 0.5) is 10.1 Å². The van der Waals surface area contributed by atoms with Crippen molar-refractivity contribution in [1.82, 2.24) is 4.98 Å². The van der Waals surface area contributed by atoms with Crippen molar-refractivity contribution >= 4 is 34.3 Å². The van der Waals surface area contributed by atoms with Crippen LogP contribution in [0.1, 0.15) is 17.3 Å². The molecule has 3 rings (SSSR count). The first-order chi connectivity index (χ1) is 13.0. The molecule has 1 N–H and O–H groups in total. The number of rotatable bonds is 6. The van der Waals surface area contributed by atoms with Gasteiger partial charge >= 0.3 is 5.97 Å². The summed E-state index contributed by atoms with van der Waals surface area (Å²) in [5.74, 6) is -2.76. The van der Waals surface area contributed by atoms with Crippen LogP contribution in [-0.2, 0) is 14.3 Å². The lowest BCUT2D eigenvalue weighted by molar-refractivity contribution is -0.142. The van der Waals surface area contributed by atoms with E-state index in [1.54, 1.807) is 37.3 Å². The van der Waals surface area contributed by atoms with E-state index >= 15 is 0 Å². The summed E-state index contributed by atoms with van der Waals surface area (Å²) in [5, 5.41) is 0.430. The molecule has 0 saturated heterocycles. The lowest BCUT2D eigenvalue weighted by Crippen LogP contribution is -2.40. The first-order valence-corrected chi connectivity index (χ1v) is 8.34. The van der Waals surface area contributed by atoms with Gasteiger partial charge in [0, 0.05) is 22.8 Å². The van der Waals surface area contributed by atoms with Gasteiger partial charge in [-0.1, -0.05) is 18.2 Å². The molecule has 1 heterocycles. The Morgan fingerprint density at radius 1 is 1.11 bits per heavy atom. The third-order valence-corrected chi connectivity index (χ3v) is 3.99. The first-order valence-electron chi connectivity index (χ1n) is 8.34. The zero-order valence-electron chi connectivity index (χ0n) is 14.6. The van der Waals surface area contributed by atoms with E-state index in [4.69, 9.17) is 4.74 Å². The Balaban J connectivity index is 1.94. The number of aromatic amines is 1. The van der Waals surface area contributed by atoms with Crippen molar-refractivity contribution in [3.05, 3.63) is 66.1 Å². The number of fused-ring (bicyclic) bond motifs is 1. The second-order valence-electron chi connectivity index (χ2n) is 5.75. The van der Waals surface area contributed by atoms with Crippen LogP contribution in [-0.4, -0.2) is 35.8 Å². The van der Waals surface area contributed by atoms with Crippen molar-refractivity contribution in [1.29, 1.82) is 0 Å². The van der Waals surface area contributed by atoms with Gasteiger partial charge in [0.1, 0.15) is 12.4 Å². The molecule has 27 heavy (non-hydrogen) atoms. The van der Waals surface area contributed by atoms with E-state index < -0.39 is 23.5 Å². The number of hydrogen-bond donors (Lipinski definition) is 1. The summed E-state index contributed by atoms with van der Waals surface area (Å²) in [6.07, 6.45) is 1.36. The molecule has 0 aliphatic rings. The summed E-state index contributed by atoms with van der Waals surface area (Å²) >= 11 is 0. The first kappa shape index (κ1) is 18.3. The van der Waals surface area contributed by atoms with Gasteiger partial charge in [-0.05, 0) is 37.3 Å². The van der Waals surface area contributed by atoms with Gasteiger partial charge in [0.2, 0.25) is 0 Å². The van der Waals surface area contributed by atoms with Crippen LogP contribution in [0.2, 0.25) is 0 Å². The minimum Gasteiger partial charge on any atom is -0.465 e. The van der Waals surface area contributed by atoms with E-state index in [2.05, 4.69) is 4.98 Å². The zero-order chi connectivity index (χ0) is 19.4. The number of para-hydroxylation sites is 1. The number of anilines is 1. The van der Waals surface area contributed by atoms with E-state index in [1.807, 2.05) is 0 Å². The molecule has 0 bridgehead atoms. The summed E-state index contributed by atoms with van der Waals surface area (Å²) in [5.41, 5.74) is 0.914. The summed E-state index contributed by atoms with van der Waals surface area (Å²) in [7, 11) is 0. The van der Waals surface area contributed by atoms with Crippen LogP contribution in [0.5, 0.6) is 0 Å². The standard InChI is InChI=1S/C20H17FN2O4/c1-2-27-18(24)12-23(14-6-4-3-5-7-14)20(26)19(25)16-11-22-17-10-13(21)8-9-15(16)17/h3-11,22H,2,12H2,1H3. The maximum Gasteiger partial charge on any atom is 0.326 e. The van der Waals surface area contributed by atoms with Gasteiger partial charge in [0.25, 0.3) is 11.7 Å². The molecule has 3 aromatic rings. The molecule has 1 amide bonds. The Bertz CT molecular complexity index is 998. The molecule has 0 aliphatic carbocycles. The highest BCUT2D eigenvalue weighted by atomic mass is 19.1. The summed E-state index contributed by atoms with van der Waals surface area (Å²) in [6.45, 7) is 1.43. The van der Waals surface area contributed by atoms with Gasteiger partial charge in [-0.15, -0.1) is 0 Å². The number of hydrogen-bond acceptors (Lipinski definition) is 4. The van der Waals surface area contributed by atoms with Gasteiger partial charge in [-0.25, -0.2) is 4.39 Å². The predicted octanol–water partition coefficient (Wildman–Crippen LogP) is 3.09. The molecule has 6 nitrogen and oxygen atoms in total. The third-order valence-electron chi connectivity index (χ3n) is 3.99. The highest BCUT2D eigenvalue weighted by Crippen LogP contribution is 2.22. The van der Waals surface area contributed by atoms with E-state index in [9.17, 15) is 18.8 Å². The number of amides is 1. The quantitative estimate of drug-likeness (QED) is 0.412. The Kier molecular flexibility index (Phi) is 5.30. The normalized spacial score (nSPS) is 10.6. The van der Waals surface area contributed by atoms with Gasteiger partial charge in [0.05, 0.1) is 12.2 Å². The molecular weight excluding hydrogens is 351 g/mol. The Morgan fingerprint density at radius 2 is 1.85 bits per heavy atom. The predicted molar refractivity (Wildman–Crippen MR) is 98.0 cm³/mol. The van der Waals surface area contributed by atoms with Crippen LogP contribution in [0, 0.1) is 5.82 Å². The number of Topliss-reactive ketones (excluding diaryl/α,β-unsaturated/α-hetero) is 1. The molecule has 7 heteroatoms. The minimum absolute atomic E-state index is 0.111. The molecule has 0 saturated carbocycles. The molecule has 0 spiro atoms. The lowest BCUT2D eigenvalue weighted by atomic mass is 10.1. The third kappa shape index (κ3) is 3.87. The van der Waals surface area contributed by atoms with Crippen LogP contribution >= 0.6 is 0 Å². The largest absolute Gasteiger partial charge is 0.465 e. The number of H-pyrrole nitrogens is 1. The van der Waals surface area contributed by atoms with Crippen LogP contribution in [0.15, 0.2) is 54.7 Å². The topological polar surface area (TPSA) is 79.5 Å². The summed E-state index contributed by atoms with van der Waals surface area (Å²) in [6, 6.07) is 12.3. The number of esters is 1. The van der Waals surface area contributed by atoms with Crippen molar-refractivity contribution in [2.24, 2.45) is 0 Å². The maximum absolute atomic E-state index is 13.3. The van der Waals surface area contributed by atoms with E-state index in [0.29, 0.717) is 16.6 Å².